The van der Waals surface area contributed by atoms with E-state index in [0.717, 1.165) is 12.8 Å². The van der Waals surface area contributed by atoms with Gasteiger partial charge in [-0.1, -0.05) is 88.6 Å². The Hall–Kier alpha value is -1.80. The molecule has 0 saturated carbocycles. The number of carbonyl (C=O) groups excluding carboxylic acids is 1. The third-order valence-electron chi connectivity index (χ3n) is 5.48. The Morgan fingerprint density at radius 2 is 1.78 bits per heavy atom. The first kappa shape index (κ1) is 28.2. The molecule has 2 atom stereocenters. The van der Waals surface area contributed by atoms with Crippen molar-refractivity contribution in [3.05, 3.63) is 18.3 Å². The van der Waals surface area contributed by atoms with Gasteiger partial charge in [-0.15, -0.1) is 0 Å². The molecule has 0 saturated heterocycles. The molecule has 0 aliphatic heterocycles. The number of anilines is 1. The predicted molar refractivity (Wildman–Crippen MR) is 131 cm³/mol. The highest BCUT2D eigenvalue weighted by molar-refractivity contribution is 8.00. The number of nitrogens with zero attached hydrogens (tertiary/aromatic N) is 2. The molecule has 1 aromatic rings. The van der Waals surface area contributed by atoms with Crippen LogP contribution in [0.1, 0.15) is 90.4 Å². The summed E-state index contributed by atoms with van der Waals surface area (Å²) in [5, 5.41) is 22.4. The van der Waals surface area contributed by atoms with Gasteiger partial charge in [0.25, 0.3) is 0 Å². The molecule has 2 unspecified atom stereocenters. The van der Waals surface area contributed by atoms with Gasteiger partial charge in [0, 0.05) is 13.5 Å². The van der Waals surface area contributed by atoms with Crippen LogP contribution in [0, 0.1) is 0 Å². The van der Waals surface area contributed by atoms with E-state index < -0.39 is 12.1 Å². The van der Waals surface area contributed by atoms with Gasteiger partial charge in [-0.05, 0) is 19.3 Å². The van der Waals surface area contributed by atoms with Crippen molar-refractivity contribution in [1.82, 2.24) is 9.55 Å². The zero-order chi connectivity index (χ0) is 23.6. The van der Waals surface area contributed by atoms with Gasteiger partial charge in [0.1, 0.15) is 5.82 Å². The van der Waals surface area contributed by atoms with E-state index in [4.69, 9.17) is 5.11 Å². The van der Waals surface area contributed by atoms with Crippen LogP contribution in [0.25, 0.3) is 0 Å². The van der Waals surface area contributed by atoms with Crippen LogP contribution in [0.5, 0.6) is 0 Å². The molecule has 0 aromatic carbocycles. The summed E-state index contributed by atoms with van der Waals surface area (Å²) in [4.78, 5) is 25.9. The fourth-order valence-electron chi connectivity index (χ4n) is 3.48. The molecule has 1 rings (SSSR count). The second kappa shape index (κ2) is 17.7. The lowest BCUT2D eigenvalue weighted by Crippen LogP contribution is -2.22. The highest BCUT2D eigenvalue weighted by atomic mass is 32.2. The Morgan fingerprint density at radius 1 is 1.16 bits per heavy atom. The van der Waals surface area contributed by atoms with Crippen molar-refractivity contribution in [2.45, 2.75) is 107 Å². The van der Waals surface area contributed by atoms with Crippen LogP contribution in [0.2, 0.25) is 0 Å². The Morgan fingerprint density at radius 3 is 2.38 bits per heavy atom. The molecule has 0 fully saturated rings. The molecule has 1 heterocycles. The summed E-state index contributed by atoms with van der Waals surface area (Å²) < 4.78 is 1.74. The number of imidazole rings is 1. The zero-order valence-corrected chi connectivity index (χ0v) is 20.5. The van der Waals surface area contributed by atoms with E-state index >= 15 is 0 Å². The number of carbonyl (C=O) groups is 2. The molecule has 0 radical (unpaired) electrons. The standard InChI is InChI=1S/C24H41N3O4S/c1-3-4-5-6-7-8-9-10-11-12-13-14-15-21(20(29)16-17-23(30)31)32-24-25-18-22(26-19-28)27(24)2/h14-15,18-21,29H,3-13,16-17H2,1-2H3,(H,26,28)(H,30,31)/b15-14-. The summed E-state index contributed by atoms with van der Waals surface area (Å²) in [5.74, 6) is -0.354. The highest BCUT2D eigenvalue weighted by Crippen LogP contribution is 2.29. The minimum Gasteiger partial charge on any atom is -0.481 e. The number of amides is 1. The fourth-order valence-corrected chi connectivity index (χ4v) is 4.58. The minimum atomic E-state index is -0.920. The first-order valence-electron chi connectivity index (χ1n) is 11.9. The van der Waals surface area contributed by atoms with Crippen molar-refractivity contribution in [2.24, 2.45) is 7.05 Å². The van der Waals surface area contributed by atoms with Crippen LogP contribution in [0.3, 0.4) is 0 Å². The number of aliphatic carboxylic acids is 1. The molecular formula is C24H41N3O4S. The van der Waals surface area contributed by atoms with Crippen molar-refractivity contribution in [2.75, 3.05) is 5.32 Å². The monoisotopic (exact) mass is 467 g/mol. The number of carboxylic acid groups (broad SMARTS) is 1. The number of rotatable bonds is 20. The van der Waals surface area contributed by atoms with Gasteiger partial charge in [-0.25, -0.2) is 4.98 Å². The predicted octanol–water partition coefficient (Wildman–Crippen LogP) is 5.54. The van der Waals surface area contributed by atoms with E-state index in [1.807, 2.05) is 6.08 Å². The van der Waals surface area contributed by atoms with E-state index in [1.165, 1.54) is 69.5 Å². The molecule has 0 spiro atoms. The summed E-state index contributed by atoms with van der Waals surface area (Å²) in [7, 11) is 1.79. The summed E-state index contributed by atoms with van der Waals surface area (Å²) in [6.45, 7) is 2.24. The maximum absolute atomic E-state index is 10.9. The molecule has 1 amide bonds. The molecule has 32 heavy (non-hydrogen) atoms. The normalized spacial score (nSPS) is 13.3. The summed E-state index contributed by atoms with van der Waals surface area (Å²) >= 11 is 1.37. The van der Waals surface area contributed by atoms with Crippen molar-refractivity contribution < 1.29 is 19.8 Å². The summed E-state index contributed by atoms with van der Waals surface area (Å²) in [5.41, 5.74) is 0. The van der Waals surface area contributed by atoms with Crippen LogP contribution in [0.15, 0.2) is 23.5 Å². The Balaban J connectivity index is 2.44. The molecule has 1 aromatic heterocycles. The van der Waals surface area contributed by atoms with Crippen LogP contribution in [-0.4, -0.2) is 43.5 Å². The van der Waals surface area contributed by atoms with Crippen LogP contribution >= 0.6 is 11.8 Å². The van der Waals surface area contributed by atoms with Gasteiger partial charge >= 0.3 is 5.97 Å². The van der Waals surface area contributed by atoms with Crippen LogP contribution < -0.4 is 5.32 Å². The van der Waals surface area contributed by atoms with Gasteiger partial charge in [0.05, 0.1) is 17.6 Å². The second-order valence-corrected chi connectivity index (χ2v) is 9.37. The molecule has 7 nitrogen and oxygen atoms in total. The van der Waals surface area contributed by atoms with Crippen molar-refractivity contribution >= 4 is 30.0 Å². The van der Waals surface area contributed by atoms with Gasteiger partial charge in [-0.3, -0.25) is 9.59 Å². The van der Waals surface area contributed by atoms with Crippen molar-refractivity contribution in [3.63, 3.8) is 0 Å². The topological polar surface area (TPSA) is 104 Å². The summed E-state index contributed by atoms with van der Waals surface area (Å²) in [6, 6.07) is 0. The number of nitrogens with one attached hydrogen (secondary N) is 1. The minimum absolute atomic E-state index is 0.0803. The number of hydrogen-bond donors (Lipinski definition) is 3. The molecule has 0 bridgehead atoms. The van der Waals surface area contributed by atoms with E-state index in [1.54, 1.807) is 17.8 Å². The molecule has 0 aliphatic carbocycles. The third kappa shape index (κ3) is 12.3. The number of aliphatic hydroxyl groups excluding tert-OH is 1. The van der Waals surface area contributed by atoms with E-state index in [2.05, 4.69) is 23.3 Å². The van der Waals surface area contributed by atoms with Crippen LogP contribution in [0.4, 0.5) is 5.82 Å². The molecular weight excluding hydrogens is 426 g/mol. The van der Waals surface area contributed by atoms with E-state index in [-0.39, 0.29) is 18.1 Å². The maximum Gasteiger partial charge on any atom is 0.303 e. The average Bonchev–Trinajstić information content (AvgIpc) is 3.11. The lowest BCUT2D eigenvalue weighted by atomic mass is 10.1. The number of allylic oxidation sites excluding steroid dienone is 1. The number of hydrogen-bond acceptors (Lipinski definition) is 5. The van der Waals surface area contributed by atoms with Gasteiger partial charge in [0.15, 0.2) is 5.16 Å². The lowest BCUT2D eigenvalue weighted by molar-refractivity contribution is -0.137. The average molecular weight is 468 g/mol. The highest BCUT2D eigenvalue weighted by Gasteiger charge is 2.21. The smallest absolute Gasteiger partial charge is 0.303 e. The number of aromatic nitrogens is 2. The summed E-state index contributed by atoms with van der Waals surface area (Å²) in [6.07, 6.45) is 19.4. The molecule has 0 aliphatic rings. The maximum atomic E-state index is 10.9. The van der Waals surface area contributed by atoms with Gasteiger partial charge < -0.3 is 20.1 Å². The third-order valence-corrected chi connectivity index (χ3v) is 6.81. The van der Waals surface area contributed by atoms with Crippen molar-refractivity contribution in [1.29, 1.82) is 0 Å². The largest absolute Gasteiger partial charge is 0.481 e. The Labute approximate surface area is 197 Å². The number of carboxylic acids is 1. The van der Waals surface area contributed by atoms with Gasteiger partial charge in [-0.2, -0.15) is 0 Å². The molecule has 3 N–H and O–H groups in total. The Bertz CT molecular complexity index is 678. The quantitative estimate of drug-likeness (QED) is 0.101. The SMILES string of the molecule is CCCCCCCCCCCC/C=C\C(Sc1ncc(NC=O)n1C)C(O)CCC(=O)O. The molecule has 182 valence electrons. The zero-order valence-electron chi connectivity index (χ0n) is 19.7. The first-order chi connectivity index (χ1) is 15.5. The van der Waals surface area contributed by atoms with E-state index in [0.29, 0.717) is 17.4 Å². The number of aliphatic hydroxyl groups is 1. The fraction of sp³-hybridized carbons (Fsp3) is 0.708. The number of thioether (sulfide) groups is 1. The first-order valence-corrected chi connectivity index (χ1v) is 12.8. The van der Waals surface area contributed by atoms with Crippen molar-refractivity contribution in [3.8, 4) is 0 Å². The molecule has 8 heteroatoms. The van der Waals surface area contributed by atoms with Gasteiger partial charge in [0.2, 0.25) is 6.41 Å². The number of unbranched alkanes of at least 4 members (excludes halogenated alkanes) is 10. The second-order valence-electron chi connectivity index (χ2n) is 8.23. The lowest BCUT2D eigenvalue weighted by Gasteiger charge is -2.19. The van der Waals surface area contributed by atoms with E-state index in [9.17, 15) is 14.7 Å². The Kier molecular flexibility index (Phi) is 15.6. The van der Waals surface area contributed by atoms with Crippen LogP contribution in [-0.2, 0) is 16.6 Å².